The number of hydrogen-bond acceptors (Lipinski definition) is 3. The highest BCUT2D eigenvalue weighted by atomic mass is 15.4. The molecule has 1 atom stereocenters. The Morgan fingerprint density at radius 1 is 1.44 bits per heavy atom. The third kappa shape index (κ3) is 2.33. The van der Waals surface area contributed by atoms with Crippen molar-refractivity contribution in [1.29, 1.82) is 0 Å². The lowest BCUT2D eigenvalue weighted by Crippen LogP contribution is -2.23. The Balaban J connectivity index is 2.19. The zero-order valence-corrected chi connectivity index (χ0v) is 12.1. The third-order valence-corrected chi connectivity index (χ3v) is 3.91. The minimum atomic E-state index is 0.388. The fourth-order valence-corrected chi connectivity index (χ4v) is 3.02. The third-order valence-electron chi connectivity index (χ3n) is 3.91. The lowest BCUT2D eigenvalue weighted by Gasteiger charge is -2.19. The average Bonchev–Trinajstić information content (AvgIpc) is 2.84. The molecular formula is C14H26N4. The monoisotopic (exact) mass is 250 g/mol. The lowest BCUT2D eigenvalue weighted by molar-refractivity contribution is 0.529. The number of anilines is 2. The van der Waals surface area contributed by atoms with Gasteiger partial charge in [0.2, 0.25) is 0 Å². The molecule has 1 fully saturated rings. The summed E-state index contributed by atoms with van der Waals surface area (Å²) in [5, 5.41) is 4.58. The van der Waals surface area contributed by atoms with Crippen molar-refractivity contribution in [2.45, 2.75) is 46.0 Å². The van der Waals surface area contributed by atoms with Crippen LogP contribution >= 0.6 is 0 Å². The Morgan fingerprint density at radius 3 is 2.72 bits per heavy atom. The normalized spacial score (nSPS) is 20.1. The van der Waals surface area contributed by atoms with Gasteiger partial charge in [0.25, 0.3) is 0 Å². The quantitative estimate of drug-likeness (QED) is 0.894. The van der Waals surface area contributed by atoms with Crippen LogP contribution in [0, 0.1) is 5.92 Å². The maximum absolute atomic E-state index is 6.28. The van der Waals surface area contributed by atoms with E-state index in [0.29, 0.717) is 5.92 Å². The topological polar surface area (TPSA) is 47.1 Å². The second-order valence-corrected chi connectivity index (χ2v) is 5.79. The Kier molecular flexibility index (Phi) is 3.83. The van der Waals surface area contributed by atoms with E-state index in [1.165, 1.54) is 19.3 Å². The minimum Gasteiger partial charge on any atom is -0.394 e. The van der Waals surface area contributed by atoms with Crippen molar-refractivity contribution in [1.82, 2.24) is 9.78 Å². The standard InChI is InChI=1S/C14H26N4/c1-5-6-11-7-8-18(9-11)14-12(15)13(10(2)3)16-17(14)4/h10-11H,5-9,15H2,1-4H3. The second-order valence-electron chi connectivity index (χ2n) is 5.79. The first-order valence-corrected chi connectivity index (χ1v) is 7.11. The number of nitrogens with two attached hydrogens (primary N) is 1. The fourth-order valence-electron chi connectivity index (χ4n) is 3.02. The van der Waals surface area contributed by atoms with Crippen molar-refractivity contribution in [3.05, 3.63) is 5.69 Å². The van der Waals surface area contributed by atoms with E-state index in [1.54, 1.807) is 0 Å². The van der Waals surface area contributed by atoms with Crippen molar-refractivity contribution >= 4 is 11.5 Å². The maximum Gasteiger partial charge on any atom is 0.150 e. The van der Waals surface area contributed by atoms with E-state index in [4.69, 9.17) is 5.73 Å². The summed E-state index contributed by atoms with van der Waals surface area (Å²) >= 11 is 0. The van der Waals surface area contributed by atoms with Gasteiger partial charge in [0.15, 0.2) is 0 Å². The first-order valence-electron chi connectivity index (χ1n) is 7.11. The molecule has 1 aromatic heterocycles. The van der Waals surface area contributed by atoms with Crippen molar-refractivity contribution in [2.75, 3.05) is 23.7 Å². The second kappa shape index (κ2) is 5.21. The molecule has 1 aliphatic rings. The number of rotatable bonds is 4. The molecule has 0 spiro atoms. The van der Waals surface area contributed by atoms with Crippen LogP contribution in [0.4, 0.5) is 11.5 Å². The molecule has 0 bridgehead atoms. The molecule has 102 valence electrons. The molecule has 1 unspecified atom stereocenters. The highest BCUT2D eigenvalue weighted by Gasteiger charge is 2.27. The largest absolute Gasteiger partial charge is 0.394 e. The van der Waals surface area contributed by atoms with Gasteiger partial charge in [-0.05, 0) is 24.7 Å². The van der Waals surface area contributed by atoms with Crippen LogP contribution in [0.1, 0.15) is 51.6 Å². The summed E-state index contributed by atoms with van der Waals surface area (Å²) in [7, 11) is 2.00. The minimum absolute atomic E-state index is 0.388. The van der Waals surface area contributed by atoms with Crippen LogP contribution in [0.5, 0.6) is 0 Å². The Hall–Kier alpha value is -1.19. The highest BCUT2D eigenvalue weighted by molar-refractivity contribution is 5.67. The molecule has 0 aliphatic carbocycles. The summed E-state index contributed by atoms with van der Waals surface area (Å²) < 4.78 is 1.96. The number of aryl methyl sites for hydroxylation is 1. The summed E-state index contributed by atoms with van der Waals surface area (Å²) in [6, 6.07) is 0. The molecule has 0 aromatic carbocycles. The van der Waals surface area contributed by atoms with Crippen molar-refractivity contribution in [3.8, 4) is 0 Å². The molecule has 4 nitrogen and oxygen atoms in total. The Labute approximate surface area is 110 Å². The molecule has 1 aliphatic heterocycles. The molecule has 0 saturated carbocycles. The molecule has 2 rings (SSSR count). The lowest BCUT2D eigenvalue weighted by atomic mass is 10.0. The van der Waals surface area contributed by atoms with Gasteiger partial charge in [-0.25, -0.2) is 0 Å². The van der Waals surface area contributed by atoms with Crippen LogP contribution in [0.3, 0.4) is 0 Å². The molecule has 4 heteroatoms. The van der Waals surface area contributed by atoms with E-state index < -0.39 is 0 Å². The Bertz CT molecular complexity index is 408. The van der Waals surface area contributed by atoms with Gasteiger partial charge in [0.1, 0.15) is 5.82 Å². The van der Waals surface area contributed by atoms with Gasteiger partial charge in [-0.3, -0.25) is 4.68 Å². The van der Waals surface area contributed by atoms with E-state index in [9.17, 15) is 0 Å². The van der Waals surface area contributed by atoms with Gasteiger partial charge >= 0.3 is 0 Å². The molecule has 1 saturated heterocycles. The average molecular weight is 250 g/mol. The SMILES string of the molecule is CCCC1CCN(c2c(N)c(C(C)C)nn2C)C1. The molecular weight excluding hydrogens is 224 g/mol. The number of aromatic nitrogens is 2. The summed E-state index contributed by atoms with van der Waals surface area (Å²) in [5.41, 5.74) is 8.19. The van der Waals surface area contributed by atoms with Crippen LogP contribution in [0.2, 0.25) is 0 Å². The summed E-state index contributed by atoms with van der Waals surface area (Å²) in [4.78, 5) is 2.41. The predicted molar refractivity (Wildman–Crippen MR) is 76.9 cm³/mol. The van der Waals surface area contributed by atoms with E-state index in [0.717, 1.165) is 36.2 Å². The van der Waals surface area contributed by atoms with Gasteiger partial charge < -0.3 is 10.6 Å². The van der Waals surface area contributed by atoms with Gasteiger partial charge in [-0.15, -0.1) is 0 Å². The van der Waals surface area contributed by atoms with Crippen molar-refractivity contribution in [3.63, 3.8) is 0 Å². The van der Waals surface area contributed by atoms with Gasteiger partial charge in [0.05, 0.1) is 11.4 Å². The molecule has 18 heavy (non-hydrogen) atoms. The van der Waals surface area contributed by atoms with E-state index in [2.05, 4.69) is 30.8 Å². The van der Waals surface area contributed by atoms with E-state index in [1.807, 2.05) is 11.7 Å². The fraction of sp³-hybridized carbons (Fsp3) is 0.786. The van der Waals surface area contributed by atoms with Crippen LogP contribution in [0.15, 0.2) is 0 Å². The van der Waals surface area contributed by atoms with Crippen LogP contribution in [0.25, 0.3) is 0 Å². The maximum atomic E-state index is 6.28. The predicted octanol–water partition coefficient (Wildman–Crippen LogP) is 2.75. The molecule has 2 N–H and O–H groups in total. The number of nitrogens with zero attached hydrogens (tertiary/aromatic N) is 3. The number of nitrogen functional groups attached to an aromatic ring is 1. The highest BCUT2D eigenvalue weighted by Crippen LogP contribution is 2.34. The summed E-state index contributed by atoms with van der Waals surface area (Å²) in [5.74, 6) is 2.34. The summed E-state index contributed by atoms with van der Waals surface area (Å²) in [6.07, 6.45) is 3.89. The zero-order valence-electron chi connectivity index (χ0n) is 12.1. The molecule has 0 radical (unpaired) electrons. The van der Waals surface area contributed by atoms with E-state index >= 15 is 0 Å². The van der Waals surface area contributed by atoms with Crippen LogP contribution in [-0.4, -0.2) is 22.9 Å². The first-order chi connectivity index (χ1) is 8.54. The van der Waals surface area contributed by atoms with Gasteiger partial charge in [0, 0.05) is 20.1 Å². The van der Waals surface area contributed by atoms with Gasteiger partial charge in [-0.1, -0.05) is 27.2 Å². The molecule has 1 aromatic rings. The van der Waals surface area contributed by atoms with Gasteiger partial charge in [-0.2, -0.15) is 5.10 Å². The summed E-state index contributed by atoms with van der Waals surface area (Å²) in [6.45, 7) is 8.80. The van der Waals surface area contributed by atoms with Crippen LogP contribution in [-0.2, 0) is 7.05 Å². The first kappa shape index (κ1) is 13.2. The zero-order chi connectivity index (χ0) is 13.3. The van der Waals surface area contributed by atoms with Crippen molar-refractivity contribution < 1.29 is 0 Å². The smallest absolute Gasteiger partial charge is 0.150 e. The number of hydrogen-bond donors (Lipinski definition) is 1. The molecule has 0 amide bonds. The van der Waals surface area contributed by atoms with Crippen molar-refractivity contribution in [2.24, 2.45) is 13.0 Å². The molecule has 2 heterocycles. The van der Waals surface area contributed by atoms with E-state index in [-0.39, 0.29) is 0 Å². The van der Waals surface area contributed by atoms with Crippen LogP contribution < -0.4 is 10.6 Å². The Morgan fingerprint density at radius 2 is 2.17 bits per heavy atom.